The van der Waals surface area contributed by atoms with Gasteiger partial charge in [0.05, 0.1) is 25.7 Å². The molecule has 2 aromatic rings. The zero-order valence-corrected chi connectivity index (χ0v) is 14.2. The van der Waals surface area contributed by atoms with Gasteiger partial charge in [-0.05, 0) is 24.6 Å². The van der Waals surface area contributed by atoms with Crippen molar-refractivity contribution in [3.05, 3.63) is 65.7 Å². The normalized spacial score (nSPS) is 24.2. The van der Waals surface area contributed by atoms with Crippen LogP contribution >= 0.6 is 0 Å². The molecule has 3 nitrogen and oxygen atoms in total. The van der Waals surface area contributed by atoms with Crippen LogP contribution in [0.25, 0.3) is 0 Å². The molecule has 2 aromatic carbocycles. The number of likely N-dealkylation sites (tertiary alicyclic amines) is 1. The molecular formula is C21H25N2O+. The molecule has 1 N–H and O–H groups in total. The van der Waals surface area contributed by atoms with E-state index in [1.54, 1.807) is 4.90 Å². The maximum Gasteiger partial charge on any atom is 0.238 e. The third kappa shape index (κ3) is 2.73. The molecule has 4 rings (SSSR count). The lowest BCUT2D eigenvalue weighted by Crippen LogP contribution is -3.11. The standard InChI is InChI=1S/C21H24N2O/c1-16-9-11-18(12-10-16)23-20(17-7-3-2-4-8-17)19(21(23)24)15-22-13-5-6-14-22/h2-4,7-12,19-20H,5-6,13-15H2,1H3/p+1/t19-,20+/m1/s1. The molecule has 0 unspecified atom stereocenters. The van der Waals surface area contributed by atoms with E-state index in [1.807, 2.05) is 11.0 Å². The van der Waals surface area contributed by atoms with Crippen molar-refractivity contribution >= 4 is 11.6 Å². The summed E-state index contributed by atoms with van der Waals surface area (Å²) >= 11 is 0. The summed E-state index contributed by atoms with van der Waals surface area (Å²) in [6.45, 7) is 5.49. The first-order chi connectivity index (χ1) is 11.7. The van der Waals surface area contributed by atoms with Crippen molar-refractivity contribution in [1.82, 2.24) is 0 Å². The number of nitrogens with zero attached hydrogens (tertiary/aromatic N) is 1. The number of benzene rings is 2. The van der Waals surface area contributed by atoms with Crippen molar-refractivity contribution in [1.29, 1.82) is 0 Å². The third-order valence-electron chi connectivity index (χ3n) is 5.49. The molecule has 124 valence electrons. The highest BCUT2D eigenvalue weighted by Gasteiger charge is 2.50. The predicted molar refractivity (Wildman–Crippen MR) is 96.1 cm³/mol. The highest BCUT2D eigenvalue weighted by molar-refractivity contribution is 6.03. The summed E-state index contributed by atoms with van der Waals surface area (Å²) in [4.78, 5) is 16.5. The van der Waals surface area contributed by atoms with E-state index in [2.05, 4.69) is 55.5 Å². The van der Waals surface area contributed by atoms with E-state index < -0.39 is 0 Å². The second-order valence-corrected chi connectivity index (χ2v) is 7.17. The second kappa shape index (κ2) is 6.40. The molecule has 0 bridgehead atoms. The van der Waals surface area contributed by atoms with Crippen LogP contribution in [0.2, 0.25) is 0 Å². The highest BCUT2D eigenvalue weighted by atomic mass is 16.2. The van der Waals surface area contributed by atoms with Gasteiger partial charge in [0, 0.05) is 18.5 Å². The highest BCUT2D eigenvalue weighted by Crippen LogP contribution is 2.42. The predicted octanol–water partition coefficient (Wildman–Crippen LogP) is 2.38. The molecule has 2 aliphatic rings. The summed E-state index contributed by atoms with van der Waals surface area (Å²) in [5.74, 6) is 0.397. The van der Waals surface area contributed by atoms with Crippen molar-refractivity contribution in [2.45, 2.75) is 25.8 Å². The van der Waals surface area contributed by atoms with Gasteiger partial charge >= 0.3 is 0 Å². The number of hydrogen-bond acceptors (Lipinski definition) is 1. The Labute approximate surface area is 143 Å². The number of aryl methyl sites for hydroxylation is 1. The number of amides is 1. The van der Waals surface area contributed by atoms with E-state index in [1.165, 1.54) is 37.1 Å². The van der Waals surface area contributed by atoms with Gasteiger partial charge in [0.15, 0.2) is 0 Å². The summed E-state index contributed by atoms with van der Waals surface area (Å²) in [5.41, 5.74) is 3.49. The minimum absolute atomic E-state index is 0.113. The summed E-state index contributed by atoms with van der Waals surface area (Å²) in [7, 11) is 0. The number of rotatable bonds is 4. The average molecular weight is 321 g/mol. The van der Waals surface area contributed by atoms with Crippen LogP contribution in [0.5, 0.6) is 0 Å². The molecule has 3 heteroatoms. The number of anilines is 1. The van der Waals surface area contributed by atoms with Crippen molar-refractivity contribution < 1.29 is 9.69 Å². The van der Waals surface area contributed by atoms with E-state index >= 15 is 0 Å². The van der Waals surface area contributed by atoms with Gasteiger partial charge in [-0.3, -0.25) is 4.79 Å². The van der Waals surface area contributed by atoms with Crippen LogP contribution in [-0.2, 0) is 4.79 Å². The zero-order valence-electron chi connectivity index (χ0n) is 14.2. The molecule has 2 heterocycles. The molecule has 0 aliphatic carbocycles. The molecule has 2 fully saturated rings. The molecule has 2 atom stereocenters. The summed E-state index contributed by atoms with van der Waals surface area (Å²) < 4.78 is 0. The first kappa shape index (κ1) is 15.4. The fraction of sp³-hybridized carbons (Fsp3) is 0.381. The van der Waals surface area contributed by atoms with Crippen molar-refractivity contribution in [3.8, 4) is 0 Å². The number of carbonyl (C=O) groups is 1. The van der Waals surface area contributed by atoms with Gasteiger partial charge in [-0.2, -0.15) is 0 Å². The maximum atomic E-state index is 12.9. The molecule has 24 heavy (non-hydrogen) atoms. The van der Waals surface area contributed by atoms with Gasteiger partial charge in [0.1, 0.15) is 5.92 Å². The van der Waals surface area contributed by atoms with Gasteiger partial charge in [0.25, 0.3) is 0 Å². The smallest absolute Gasteiger partial charge is 0.238 e. The second-order valence-electron chi connectivity index (χ2n) is 7.17. The zero-order chi connectivity index (χ0) is 16.5. The Morgan fingerprint density at radius 3 is 2.33 bits per heavy atom. The SMILES string of the molecule is Cc1ccc(N2C(=O)[C@H](C[NH+]3CCCC3)[C@@H]2c2ccccc2)cc1. The lowest BCUT2D eigenvalue weighted by molar-refractivity contribution is -0.890. The number of β-lactam (4-membered cyclic amide) rings is 1. The minimum Gasteiger partial charge on any atom is -0.334 e. The molecule has 0 spiro atoms. The van der Waals surface area contributed by atoms with Crippen molar-refractivity contribution in [2.24, 2.45) is 5.92 Å². The van der Waals surface area contributed by atoms with Crippen LogP contribution in [0.1, 0.15) is 30.0 Å². The third-order valence-corrected chi connectivity index (χ3v) is 5.49. The first-order valence-electron chi connectivity index (χ1n) is 9.02. The van der Waals surface area contributed by atoms with Crippen molar-refractivity contribution in [3.63, 3.8) is 0 Å². The van der Waals surface area contributed by atoms with Gasteiger partial charge in [0.2, 0.25) is 5.91 Å². The fourth-order valence-electron chi connectivity index (χ4n) is 4.16. The average Bonchev–Trinajstić information content (AvgIpc) is 3.13. The van der Waals surface area contributed by atoms with E-state index in [-0.39, 0.29) is 17.9 Å². The van der Waals surface area contributed by atoms with Crippen LogP contribution in [-0.4, -0.2) is 25.5 Å². The van der Waals surface area contributed by atoms with E-state index in [0.717, 1.165) is 12.2 Å². The molecule has 0 radical (unpaired) electrons. The number of quaternary nitrogens is 1. The van der Waals surface area contributed by atoms with Crippen LogP contribution in [0.4, 0.5) is 5.69 Å². The number of hydrogen-bond donors (Lipinski definition) is 1. The fourth-order valence-corrected chi connectivity index (χ4v) is 4.16. The summed E-state index contributed by atoms with van der Waals surface area (Å²) in [6.07, 6.45) is 2.60. The lowest BCUT2D eigenvalue weighted by Gasteiger charge is -2.47. The molecule has 0 aromatic heterocycles. The largest absolute Gasteiger partial charge is 0.334 e. The first-order valence-corrected chi connectivity index (χ1v) is 9.02. The topological polar surface area (TPSA) is 24.8 Å². The Balaban J connectivity index is 1.63. The maximum absolute atomic E-state index is 12.9. The van der Waals surface area contributed by atoms with Crippen LogP contribution in [0.15, 0.2) is 54.6 Å². The summed E-state index contributed by atoms with van der Waals surface area (Å²) in [6, 6.07) is 19.0. The van der Waals surface area contributed by atoms with Crippen LogP contribution in [0.3, 0.4) is 0 Å². The van der Waals surface area contributed by atoms with Gasteiger partial charge in [-0.15, -0.1) is 0 Å². The number of nitrogens with one attached hydrogen (secondary N) is 1. The van der Waals surface area contributed by atoms with Gasteiger partial charge in [-0.25, -0.2) is 0 Å². The Morgan fingerprint density at radius 2 is 1.67 bits per heavy atom. The van der Waals surface area contributed by atoms with Crippen molar-refractivity contribution in [2.75, 3.05) is 24.5 Å². The van der Waals surface area contributed by atoms with E-state index in [4.69, 9.17) is 0 Å². The van der Waals surface area contributed by atoms with Gasteiger partial charge in [-0.1, -0.05) is 48.0 Å². The molecular weight excluding hydrogens is 296 g/mol. The van der Waals surface area contributed by atoms with Gasteiger partial charge < -0.3 is 9.80 Å². The van der Waals surface area contributed by atoms with Crippen LogP contribution in [0, 0.1) is 12.8 Å². The minimum atomic E-state index is 0.113. The summed E-state index contributed by atoms with van der Waals surface area (Å²) in [5, 5.41) is 0. The van der Waals surface area contributed by atoms with E-state index in [9.17, 15) is 4.79 Å². The Bertz CT molecular complexity index is 704. The Morgan fingerprint density at radius 1 is 1.00 bits per heavy atom. The Hall–Kier alpha value is -2.13. The lowest BCUT2D eigenvalue weighted by atomic mass is 9.81. The quantitative estimate of drug-likeness (QED) is 0.859. The molecule has 1 amide bonds. The number of carbonyl (C=O) groups excluding carboxylic acids is 1. The molecule has 2 saturated heterocycles. The van der Waals surface area contributed by atoms with Crippen LogP contribution < -0.4 is 9.80 Å². The Kier molecular flexibility index (Phi) is 4.11. The monoisotopic (exact) mass is 321 g/mol. The van der Waals surface area contributed by atoms with E-state index in [0.29, 0.717) is 0 Å². The molecule has 2 aliphatic heterocycles. The molecule has 0 saturated carbocycles.